The number of methoxy groups -OCH3 is 1. The molecule has 1 heterocycles. The number of aryl methyl sites for hydroxylation is 1. The lowest BCUT2D eigenvalue weighted by Crippen LogP contribution is -2.46. The van der Waals surface area contributed by atoms with Crippen molar-refractivity contribution in [2.45, 2.75) is 25.8 Å². The first-order chi connectivity index (χ1) is 10.0. The molecule has 0 bridgehead atoms. The molecule has 0 aromatic heterocycles. The molecule has 0 unspecified atom stereocenters. The molecule has 0 aliphatic carbocycles. The van der Waals surface area contributed by atoms with Crippen LogP contribution in [0.1, 0.15) is 18.4 Å². The predicted molar refractivity (Wildman–Crippen MR) is 85.0 cm³/mol. The number of nitrogens with one attached hydrogen (secondary N) is 1. The summed E-state index contributed by atoms with van der Waals surface area (Å²) in [5.41, 5.74) is 2.24. The summed E-state index contributed by atoms with van der Waals surface area (Å²) in [6.45, 7) is 3.66. The van der Waals surface area contributed by atoms with Gasteiger partial charge in [-0.05, 0) is 37.5 Å². The molecule has 1 N–H and O–H groups in total. The van der Waals surface area contributed by atoms with Gasteiger partial charge < -0.3 is 19.9 Å². The van der Waals surface area contributed by atoms with Gasteiger partial charge in [0.05, 0.1) is 12.8 Å². The second kappa shape index (κ2) is 6.70. The second-order valence-corrected chi connectivity index (χ2v) is 5.79. The third-order valence-corrected chi connectivity index (χ3v) is 3.86. The van der Waals surface area contributed by atoms with E-state index in [1.807, 2.05) is 17.0 Å². The summed E-state index contributed by atoms with van der Waals surface area (Å²) in [6, 6.07) is 6.62. The van der Waals surface area contributed by atoms with E-state index in [0.29, 0.717) is 6.04 Å². The largest absolute Gasteiger partial charge is 0.495 e. The number of nitrogens with zero attached hydrogens (tertiary/aromatic N) is 2. The van der Waals surface area contributed by atoms with Gasteiger partial charge in [-0.2, -0.15) is 0 Å². The fourth-order valence-corrected chi connectivity index (χ4v) is 2.65. The number of hydrogen-bond acceptors (Lipinski definition) is 3. The zero-order chi connectivity index (χ0) is 15.4. The van der Waals surface area contributed by atoms with Crippen LogP contribution in [0, 0.1) is 6.92 Å². The van der Waals surface area contributed by atoms with Gasteiger partial charge in [0.15, 0.2) is 0 Å². The van der Waals surface area contributed by atoms with Crippen molar-refractivity contribution in [3.8, 4) is 5.75 Å². The summed E-state index contributed by atoms with van der Waals surface area (Å²) in [4.78, 5) is 15.5. The lowest BCUT2D eigenvalue weighted by atomic mass is 10.0. The van der Waals surface area contributed by atoms with Crippen molar-refractivity contribution in [2.24, 2.45) is 0 Å². The van der Waals surface area contributed by atoms with E-state index in [0.717, 1.165) is 37.4 Å². The minimum Gasteiger partial charge on any atom is -0.495 e. The first-order valence-corrected chi connectivity index (χ1v) is 7.38. The Labute approximate surface area is 126 Å². The topological polar surface area (TPSA) is 44.8 Å². The zero-order valence-electron chi connectivity index (χ0n) is 13.3. The van der Waals surface area contributed by atoms with Crippen LogP contribution in [0.5, 0.6) is 5.75 Å². The number of anilines is 1. The van der Waals surface area contributed by atoms with E-state index in [4.69, 9.17) is 4.74 Å². The molecule has 0 radical (unpaired) electrons. The Bertz CT molecular complexity index is 494. The molecular weight excluding hydrogens is 266 g/mol. The predicted octanol–water partition coefficient (Wildman–Crippen LogP) is 2.56. The molecule has 5 heteroatoms. The summed E-state index contributed by atoms with van der Waals surface area (Å²) < 4.78 is 5.40. The first kappa shape index (κ1) is 15.5. The van der Waals surface area contributed by atoms with Gasteiger partial charge in [0.1, 0.15) is 5.75 Å². The van der Waals surface area contributed by atoms with Crippen molar-refractivity contribution < 1.29 is 9.53 Å². The maximum Gasteiger partial charge on any atom is 0.319 e. The Morgan fingerprint density at radius 3 is 2.57 bits per heavy atom. The van der Waals surface area contributed by atoms with Crippen LogP contribution in [0.2, 0.25) is 0 Å². The number of carbonyl (C=O) groups is 1. The third-order valence-electron chi connectivity index (χ3n) is 3.86. The molecule has 5 nitrogen and oxygen atoms in total. The summed E-state index contributed by atoms with van der Waals surface area (Å²) in [6.07, 6.45) is 1.91. The first-order valence-electron chi connectivity index (χ1n) is 7.38. The molecule has 1 aliphatic rings. The second-order valence-electron chi connectivity index (χ2n) is 5.79. The number of urea groups is 1. The number of hydrogen-bond donors (Lipinski definition) is 1. The van der Waals surface area contributed by atoms with Gasteiger partial charge in [0.25, 0.3) is 0 Å². The molecule has 1 aromatic rings. The van der Waals surface area contributed by atoms with E-state index in [-0.39, 0.29) is 6.03 Å². The van der Waals surface area contributed by atoms with Crippen LogP contribution in [-0.2, 0) is 0 Å². The van der Waals surface area contributed by atoms with Crippen LogP contribution in [0.3, 0.4) is 0 Å². The Morgan fingerprint density at radius 2 is 2.00 bits per heavy atom. The Balaban J connectivity index is 1.95. The van der Waals surface area contributed by atoms with Crippen molar-refractivity contribution in [2.75, 3.05) is 39.6 Å². The van der Waals surface area contributed by atoms with Gasteiger partial charge in [0, 0.05) is 33.2 Å². The number of amides is 2. The summed E-state index contributed by atoms with van der Waals surface area (Å²) in [5, 5.41) is 3.55. The molecule has 0 saturated carbocycles. The Kier molecular flexibility index (Phi) is 4.94. The standard InChI is InChI=1S/C16H25N3O2/c1-12-5-6-15(21-4)14(11-12)17-13-7-9-19(10-8-13)16(20)18(2)3/h5-6,11,13,17H,7-10H2,1-4H3. The van der Waals surface area contributed by atoms with Crippen molar-refractivity contribution >= 4 is 11.7 Å². The summed E-state index contributed by atoms with van der Waals surface area (Å²) in [7, 11) is 5.28. The fourth-order valence-electron chi connectivity index (χ4n) is 2.65. The molecule has 1 aromatic carbocycles. The Hall–Kier alpha value is -1.91. The quantitative estimate of drug-likeness (QED) is 0.931. The smallest absolute Gasteiger partial charge is 0.319 e. The van der Waals surface area contributed by atoms with Crippen LogP contribution in [0.15, 0.2) is 18.2 Å². The maximum atomic E-state index is 11.9. The number of benzene rings is 1. The molecule has 1 saturated heterocycles. The highest BCUT2D eigenvalue weighted by Gasteiger charge is 2.24. The zero-order valence-corrected chi connectivity index (χ0v) is 13.3. The van der Waals surface area contributed by atoms with E-state index < -0.39 is 0 Å². The Morgan fingerprint density at radius 1 is 1.33 bits per heavy atom. The average Bonchev–Trinajstić information content (AvgIpc) is 2.47. The van der Waals surface area contributed by atoms with Crippen LogP contribution in [-0.4, -0.2) is 56.2 Å². The molecule has 0 spiro atoms. The number of rotatable bonds is 3. The number of likely N-dealkylation sites (tertiary alicyclic amines) is 1. The van der Waals surface area contributed by atoms with E-state index in [1.165, 1.54) is 5.56 Å². The molecule has 116 valence electrons. The number of carbonyl (C=O) groups excluding carboxylic acids is 1. The molecule has 2 amide bonds. The minimum atomic E-state index is 0.0987. The highest BCUT2D eigenvalue weighted by molar-refractivity contribution is 5.74. The normalized spacial score (nSPS) is 15.7. The van der Waals surface area contributed by atoms with E-state index in [1.54, 1.807) is 26.1 Å². The highest BCUT2D eigenvalue weighted by atomic mass is 16.5. The van der Waals surface area contributed by atoms with Crippen LogP contribution >= 0.6 is 0 Å². The highest BCUT2D eigenvalue weighted by Crippen LogP contribution is 2.27. The molecule has 0 atom stereocenters. The van der Waals surface area contributed by atoms with Gasteiger partial charge in [0.2, 0.25) is 0 Å². The fraction of sp³-hybridized carbons (Fsp3) is 0.562. The summed E-state index contributed by atoms with van der Waals surface area (Å²) in [5.74, 6) is 0.868. The van der Waals surface area contributed by atoms with Crippen LogP contribution < -0.4 is 10.1 Å². The average molecular weight is 291 g/mol. The van der Waals surface area contributed by atoms with Gasteiger partial charge in [-0.25, -0.2) is 4.79 Å². The van der Waals surface area contributed by atoms with Gasteiger partial charge >= 0.3 is 6.03 Å². The minimum absolute atomic E-state index is 0.0987. The lowest BCUT2D eigenvalue weighted by molar-refractivity contribution is 0.158. The molecular formula is C16H25N3O2. The molecule has 1 fully saturated rings. The van der Waals surface area contributed by atoms with Crippen molar-refractivity contribution in [3.63, 3.8) is 0 Å². The van der Waals surface area contributed by atoms with E-state index in [2.05, 4.69) is 18.3 Å². The monoisotopic (exact) mass is 291 g/mol. The maximum absolute atomic E-state index is 11.9. The van der Waals surface area contributed by atoms with Gasteiger partial charge in [-0.1, -0.05) is 6.07 Å². The van der Waals surface area contributed by atoms with E-state index >= 15 is 0 Å². The van der Waals surface area contributed by atoms with Crippen LogP contribution in [0.4, 0.5) is 10.5 Å². The number of piperidine rings is 1. The molecule has 1 aliphatic heterocycles. The van der Waals surface area contributed by atoms with Crippen molar-refractivity contribution in [1.29, 1.82) is 0 Å². The van der Waals surface area contributed by atoms with Crippen molar-refractivity contribution in [3.05, 3.63) is 23.8 Å². The SMILES string of the molecule is COc1ccc(C)cc1NC1CCN(C(=O)N(C)C)CC1. The summed E-state index contributed by atoms with van der Waals surface area (Å²) >= 11 is 0. The van der Waals surface area contributed by atoms with E-state index in [9.17, 15) is 4.79 Å². The molecule has 2 rings (SSSR count). The third kappa shape index (κ3) is 3.80. The van der Waals surface area contributed by atoms with Crippen molar-refractivity contribution in [1.82, 2.24) is 9.80 Å². The molecule has 21 heavy (non-hydrogen) atoms. The lowest BCUT2D eigenvalue weighted by Gasteiger charge is -2.34. The van der Waals surface area contributed by atoms with Gasteiger partial charge in [-0.15, -0.1) is 0 Å². The van der Waals surface area contributed by atoms with Gasteiger partial charge in [-0.3, -0.25) is 0 Å². The van der Waals surface area contributed by atoms with Crippen LogP contribution in [0.25, 0.3) is 0 Å². The number of ether oxygens (including phenoxy) is 1.